The molecule has 1 heterocycles. The molecule has 1 saturated heterocycles. The molecule has 0 aromatic heterocycles. The van der Waals surface area contributed by atoms with Gasteiger partial charge in [0, 0.05) is 6.42 Å². The SMILES string of the molecule is CC/C=C/C=C/C=C/C=C\CCCCCCC(O)C(=O)NC(COC1OC(CO)C(O)C(O)C1OC(=O)CCCCC/C=C\C/C=C\C/C=C\C/C=C\CCCCC)C(O)/C=C/CCCCCCCCCCCC. The van der Waals surface area contributed by atoms with Gasteiger partial charge in [-0.3, -0.25) is 9.59 Å². The summed E-state index contributed by atoms with van der Waals surface area (Å²) in [6.07, 6.45) is 56.9. The number of esters is 1. The van der Waals surface area contributed by atoms with Gasteiger partial charge in [-0.2, -0.15) is 0 Å². The second-order valence-corrected chi connectivity index (χ2v) is 19.7. The fraction of sp³-hybridized carbons (Fsp3) is 0.683. The zero-order valence-corrected chi connectivity index (χ0v) is 46.4. The van der Waals surface area contributed by atoms with E-state index in [1.807, 2.05) is 42.5 Å². The van der Waals surface area contributed by atoms with Gasteiger partial charge in [-0.25, -0.2) is 0 Å². The lowest BCUT2D eigenvalue weighted by molar-refractivity contribution is -0.305. The zero-order chi connectivity index (χ0) is 54.0. The van der Waals surface area contributed by atoms with E-state index in [4.69, 9.17) is 14.2 Å². The molecule has 0 spiro atoms. The van der Waals surface area contributed by atoms with E-state index in [1.54, 1.807) is 6.08 Å². The molecule has 1 rings (SSSR count). The summed E-state index contributed by atoms with van der Waals surface area (Å²) in [6, 6.07) is -1.05. The maximum atomic E-state index is 13.4. The van der Waals surface area contributed by atoms with Gasteiger partial charge in [0.15, 0.2) is 12.4 Å². The number of aliphatic hydroxyl groups excluding tert-OH is 5. The summed E-state index contributed by atoms with van der Waals surface area (Å²) in [7, 11) is 0. The normalized spacial score (nSPS) is 20.1. The summed E-state index contributed by atoms with van der Waals surface area (Å²) in [5, 5.41) is 56.8. The Morgan fingerprint density at radius 3 is 1.61 bits per heavy atom. The Balaban J connectivity index is 2.76. The number of allylic oxidation sites excluding steroid dienone is 17. The Hall–Kier alpha value is -3.68. The van der Waals surface area contributed by atoms with Crippen LogP contribution in [0.15, 0.2) is 109 Å². The van der Waals surface area contributed by atoms with E-state index >= 15 is 0 Å². The van der Waals surface area contributed by atoms with Gasteiger partial charge in [0.25, 0.3) is 0 Å². The van der Waals surface area contributed by atoms with E-state index in [0.717, 1.165) is 96.3 Å². The Bertz CT molecular complexity index is 1610. The molecule has 8 unspecified atom stereocenters. The molecule has 1 aliphatic heterocycles. The fourth-order valence-corrected chi connectivity index (χ4v) is 8.35. The van der Waals surface area contributed by atoms with Gasteiger partial charge in [0.05, 0.1) is 25.4 Å². The monoisotopic (exact) mass is 1040 g/mol. The topological polar surface area (TPSA) is 175 Å². The summed E-state index contributed by atoms with van der Waals surface area (Å²) in [5.41, 5.74) is 0. The third-order valence-corrected chi connectivity index (χ3v) is 13.0. The predicted octanol–water partition coefficient (Wildman–Crippen LogP) is 13.3. The number of hydrogen-bond donors (Lipinski definition) is 6. The summed E-state index contributed by atoms with van der Waals surface area (Å²) in [4.78, 5) is 26.5. The lowest BCUT2D eigenvalue weighted by atomic mass is 9.99. The first kappa shape index (κ1) is 68.3. The van der Waals surface area contributed by atoms with Crippen molar-refractivity contribution in [2.75, 3.05) is 13.2 Å². The van der Waals surface area contributed by atoms with Crippen molar-refractivity contribution in [3.05, 3.63) is 109 Å². The lowest BCUT2D eigenvalue weighted by Crippen LogP contribution is -2.61. The van der Waals surface area contributed by atoms with Crippen LogP contribution >= 0.6 is 0 Å². The van der Waals surface area contributed by atoms with E-state index < -0.39 is 67.4 Å². The molecule has 422 valence electrons. The van der Waals surface area contributed by atoms with E-state index in [2.05, 4.69) is 86.8 Å². The fourth-order valence-electron chi connectivity index (χ4n) is 8.35. The largest absolute Gasteiger partial charge is 0.454 e. The quantitative estimate of drug-likeness (QED) is 0.0149. The summed E-state index contributed by atoms with van der Waals surface area (Å²) in [6.45, 7) is 5.56. The van der Waals surface area contributed by atoms with Crippen molar-refractivity contribution in [2.45, 2.75) is 262 Å². The van der Waals surface area contributed by atoms with Crippen LogP contribution in [0.4, 0.5) is 0 Å². The smallest absolute Gasteiger partial charge is 0.306 e. The molecule has 11 heteroatoms. The van der Waals surface area contributed by atoms with Crippen molar-refractivity contribution in [1.29, 1.82) is 0 Å². The molecule has 0 bridgehead atoms. The highest BCUT2D eigenvalue weighted by Gasteiger charge is 2.47. The van der Waals surface area contributed by atoms with Crippen LogP contribution in [-0.2, 0) is 23.8 Å². The summed E-state index contributed by atoms with van der Waals surface area (Å²) in [5.74, 6) is -1.26. The predicted molar refractivity (Wildman–Crippen MR) is 305 cm³/mol. The molecule has 0 radical (unpaired) electrons. The number of amides is 1. The Kier molecular flexibility index (Phi) is 46.3. The molecule has 1 amide bonds. The van der Waals surface area contributed by atoms with E-state index in [-0.39, 0.29) is 19.4 Å². The highest BCUT2D eigenvalue weighted by molar-refractivity contribution is 5.80. The van der Waals surface area contributed by atoms with Gasteiger partial charge in [0.2, 0.25) is 5.91 Å². The minimum absolute atomic E-state index is 0.0769. The third-order valence-electron chi connectivity index (χ3n) is 13.0. The average molecular weight is 1040 g/mol. The standard InChI is InChI=1S/C63H105NO10/c1-4-7-10-13-16-19-22-25-27-28-29-30-31-33-36-39-42-45-48-51-58(68)74-61-60(70)59(69)57(52-65)73-63(61)72-53-54(55(66)49-46-43-40-37-34-24-21-18-15-12-9-6-3)64-62(71)56(67)50-47-44-41-38-35-32-26-23-20-17-14-11-8-5-2/h8,11,14,16-17,19-20,23,25-27,29-30,32-33,36,46,49,54-57,59-61,63,65-67,69-70H,4-7,9-10,12-13,15,18,21-22,24,28,31,34-35,37-45,47-48,50-53H2,1-3H3,(H,64,71)/b11-8+,17-14+,19-16-,23-20+,27-25-,30-29-,32-26-,36-33-,49-46+. The first-order valence-electron chi connectivity index (χ1n) is 29.2. The third kappa shape index (κ3) is 38.0. The maximum absolute atomic E-state index is 13.4. The molecule has 0 saturated carbocycles. The molecule has 1 aliphatic rings. The van der Waals surface area contributed by atoms with Gasteiger partial charge in [-0.1, -0.05) is 226 Å². The van der Waals surface area contributed by atoms with Crippen LogP contribution in [0.1, 0.15) is 213 Å². The van der Waals surface area contributed by atoms with Crippen LogP contribution in [0.2, 0.25) is 0 Å². The Morgan fingerprint density at radius 1 is 0.554 bits per heavy atom. The average Bonchev–Trinajstić information content (AvgIpc) is 3.40. The van der Waals surface area contributed by atoms with Crippen molar-refractivity contribution in [2.24, 2.45) is 0 Å². The van der Waals surface area contributed by atoms with Crippen molar-refractivity contribution >= 4 is 11.9 Å². The minimum atomic E-state index is -1.64. The molecule has 8 atom stereocenters. The number of rotatable bonds is 47. The zero-order valence-electron chi connectivity index (χ0n) is 46.4. The highest BCUT2D eigenvalue weighted by Crippen LogP contribution is 2.26. The first-order valence-corrected chi connectivity index (χ1v) is 29.2. The van der Waals surface area contributed by atoms with Crippen molar-refractivity contribution in [1.82, 2.24) is 5.32 Å². The molecule has 6 N–H and O–H groups in total. The maximum Gasteiger partial charge on any atom is 0.306 e. The van der Waals surface area contributed by atoms with Crippen LogP contribution in [0.25, 0.3) is 0 Å². The molecule has 1 fully saturated rings. The Morgan fingerprint density at radius 2 is 1.03 bits per heavy atom. The second kappa shape index (κ2) is 50.2. The number of unbranched alkanes of at least 4 members (excludes halogenated alkanes) is 20. The number of aliphatic hydroxyl groups is 5. The molecule has 0 aromatic rings. The molecular formula is C63H105NO10. The number of hydrogen-bond acceptors (Lipinski definition) is 10. The molecule has 11 nitrogen and oxygen atoms in total. The van der Waals surface area contributed by atoms with E-state index in [0.29, 0.717) is 12.8 Å². The van der Waals surface area contributed by atoms with Gasteiger partial charge in [-0.05, 0) is 89.9 Å². The number of ether oxygens (including phenoxy) is 3. The van der Waals surface area contributed by atoms with Gasteiger partial charge in [0.1, 0.15) is 24.4 Å². The van der Waals surface area contributed by atoms with Crippen LogP contribution in [0, 0.1) is 0 Å². The first-order chi connectivity index (χ1) is 36.2. The van der Waals surface area contributed by atoms with Crippen LogP contribution in [-0.4, -0.2) is 99.6 Å². The van der Waals surface area contributed by atoms with Crippen molar-refractivity contribution in [3.8, 4) is 0 Å². The Labute approximate surface area is 449 Å². The van der Waals surface area contributed by atoms with Crippen LogP contribution in [0.5, 0.6) is 0 Å². The van der Waals surface area contributed by atoms with Crippen LogP contribution < -0.4 is 5.32 Å². The number of nitrogens with one attached hydrogen (secondary N) is 1. The number of carbonyl (C=O) groups is 2. The lowest BCUT2D eigenvalue weighted by Gasteiger charge is -2.41. The number of carbonyl (C=O) groups excluding carboxylic acids is 2. The summed E-state index contributed by atoms with van der Waals surface area (Å²) < 4.78 is 17.5. The van der Waals surface area contributed by atoms with Crippen molar-refractivity contribution in [3.63, 3.8) is 0 Å². The summed E-state index contributed by atoms with van der Waals surface area (Å²) >= 11 is 0. The second-order valence-electron chi connectivity index (χ2n) is 19.7. The highest BCUT2D eigenvalue weighted by atomic mass is 16.7. The van der Waals surface area contributed by atoms with Gasteiger partial charge in [-0.15, -0.1) is 0 Å². The van der Waals surface area contributed by atoms with Gasteiger partial charge >= 0.3 is 5.97 Å². The van der Waals surface area contributed by atoms with Crippen LogP contribution in [0.3, 0.4) is 0 Å². The molecule has 0 aromatic carbocycles. The van der Waals surface area contributed by atoms with E-state index in [1.165, 1.54) is 70.6 Å². The molecule has 74 heavy (non-hydrogen) atoms. The minimum Gasteiger partial charge on any atom is -0.454 e. The van der Waals surface area contributed by atoms with Crippen molar-refractivity contribution < 1.29 is 49.3 Å². The van der Waals surface area contributed by atoms with E-state index in [9.17, 15) is 35.1 Å². The van der Waals surface area contributed by atoms with Gasteiger partial charge < -0.3 is 45.1 Å². The molecule has 0 aliphatic carbocycles. The molecular weight excluding hydrogens is 931 g/mol.